The smallest absolute Gasteiger partial charge is 0.305 e. The lowest BCUT2D eigenvalue weighted by Crippen LogP contribution is -2.06. The van der Waals surface area contributed by atoms with Gasteiger partial charge in [0.1, 0.15) is 4.88 Å². The summed E-state index contributed by atoms with van der Waals surface area (Å²) >= 11 is 1.06. The highest BCUT2D eigenvalue weighted by atomic mass is 32.1. The molecule has 0 aliphatic rings. The predicted molar refractivity (Wildman–Crippen MR) is 87.2 cm³/mol. The normalized spacial score (nSPS) is 10.9. The summed E-state index contributed by atoms with van der Waals surface area (Å²) in [5.74, 6) is -1.40. The first-order valence-corrected chi connectivity index (χ1v) is 7.93. The molecule has 0 saturated carbocycles. The number of H-pyrrole nitrogens is 1. The number of Topliss-reactive ketones (excluding diaryl/α,β-unsaturated/α-hetero) is 1. The number of rotatable bonds is 5. The van der Waals surface area contributed by atoms with Gasteiger partial charge in [-0.2, -0.15) is 0 Å². The zero-order valence-electron chi connectivity index (χ0n) is 12.4. The number of carbonyl (C=O) groups excluding carboxylic acids is 2. The largest absolute Gasteiger partial charge is 0.469 e. The third kappa shape index (κ3) is 2.90. The van der Waals surface area contributed by atoms with Gasteiger partial charge in [-0.3, -0.25) is 9.59 Å². The van der Waals surface area contributed by atoms with Crippen LogP contribution in [-0.4, -0.2) is 23.8 Å². The van der Waals surface area contributed by atoms with Crippen molar-refractivity contribution in [2.24, 2.45) is 0 Å². The molecule has 0 bridgehead atoms. The molecular formula is C17H14FNO3S. The van der Waals surface area contributed by atoms with Gasteiger partial charge in [0, 0.05) is 40.0 Å². The minimum absolute atomic E-state index is 0.0465. The molecule has 3 rings (SSSR count). The Morgan fingerprint density at radius 2 is 2.00 bits per heavy atom. The molecule has 0 saturated heterocycles. The summed E-state index contributed by atoms with van der Waals surface area (Å²) in [5.41, 5.74) is 2.03. The molecule has 0 radical (unpaired) electrons. The number of aromatic amines is 1. The molecular weight excluding hydrogens is 317 g/mol. The van der Waals surface area contributed by atoms with Gasteiger partial charge in [-0.25, -0.2) is 4.39 Å². The average molecular weight is 331 g/mol. The van der Waals surface area contributed by atoms with E-state index in [-0.39, 0.29) is 23.5 Å². The third-order valence-electron chi connectivity index (χ3n) is 3.65. The van der Waals surface area contributed by atoms with Crippen molar-refractivity contribution in [2.45, 2.75) is 12.8 Å². The molecule has 2 heterocycles. The lowest BCUT2D eigenvalue weighted by molar-refractivity contribution is -0.140. The Balaban J connectivity index is 1.90. The molecule has 0 fully saturated rings. The Morgan fingerprint density at radius 1 is 1.22 bits per heavy atom. The third-order valence-corrected chi connectivity index (χ3v) is 4.64. The molecule has 0 aliphatic heterocycles. The number of fused-ring (bicyclic) bond motifs is 1. The number of methoxy groups -OCH3 is 1. The van der Waals surface area contributed by atoms with E-state index < -0.39 is 11.8 Å². The van der Waals surface area contributed by atoms with Gasteiger partial charge in [-0.15, -0.1) is 11.3 Å². The number of thiophene rings is 1. The highest BCUT2D eigenvalue weighted by Crippen LogP contribution is 2.35. The zero-order valence-corrected chi connectivity index (χ0v) is 13.2. The monoisotopic (exact) mass is 331 g/mol. The Morgan fingerprint density at radius 3 is 2.78 bits per heavy atom. The van der Waals surface area contributed by atoms with Crippen molar-refractivity contribution < 1.29 is 18.7 Å². The second-order valence-electron chi connectivity index (χ2n) is 5.04. The van der Waals surface area contributed by atoms with Gasteiger partial charge < -0.3 is 9.72 Å². The predicted octanol–water partition coefficient (Wildman–Crippen LogP) is 4.17. The van der Waals surface area contributed by atoms with E-state index in [0.717, 1.165) is 27.8 Å². The van der Waals surface area contributed by atoms with E-state index in [1.165, 1.54) is 7.11 Å². The van der Waals surface area contributed by atoms with E-state index >= 15 is 0 Å². The van der Waals surface area contributed by atoms with E-state index in [0.29, 0.717) is 5.56 Å². The summed E-state index contributed by atoms with van der Waals surface area (Å²) < 4.78 is 19.1. The first kappa shape index (κ1) is 15.4. The van der Waals surface area contributed by atoms with Crippen LogP contribution in [0.4, 0.5) is 4.39 Å². The second kappa shape index (κ2) is 6.34. The lowest BCUT2D eigenvalue weighted by Gasteiger charge is -1.99. The van der Waals surface area contributed by atoms with Gasteiger partial charge in [-0.1, -0.05) is 18.2 Å². The fourth-order valence-electron chi connectivity index (χ4n) is 2.44. The van der Waals surface area contributed by atoms with Crippen molar-refractivity contribution in [2.75, 3.05) is 7.11 Å². The Bertz CT molecular complexity index is 881. The van der Waals surface area contributed by atoms with Crippen LogP contribution in [0.5, 0.6) is 0 Å². The molecule has 23 heavy (non-hydrogen) atoms. The minimum atomic E-state index is -0.533. The SMILES string of the molecule is COC(=O)CCC(=O)c1scc(-c2c[nH]c3ccccc23)c1F. The van der Waals surface area contributed by atoms with Crippen LogP contribution in [0, 0.1) is 5.82 Å². The highest BCUT2D eigenvalue weighted by molar-refractivity contribution is 7.12. The molecule has 2 aromatic heterocycles. The Kier molecular flexibility index (Phi) is 4.25. The van der Waals surface area contributed by atoms with Gasteiger partial charge >= 0.3 is 5.97 Å². The van der Waals surface area contributed by atoms with E-state index in [2.05, 4.69) is 9.72 Å². The number of carbonyl (C=O) groups is 2. The standard InChI is InChI=1S/C17H14FNO3S/c1-22-15(21)7-6-14(20)17-16(18)12(9-23-17)11-8-19-13-5-3-2-4-10(11)13/h2-5,8-9,19H,6-7H2,1H3. The summed E-state index contributed by atoms with van der Waals surface area (Å²) in [5, 5.41) is 2.54. The van der Waals surface area contributed by atoms with E-state index in [1.54, 1.807) is 11.6 Å². The van der Waals surface area contributed by atoms with Gasteiger partial charge in [0.05, 0.1) is 13.5 Å². The zero-order chi connectivity index (χ0) is 16.4. The maximum absolute atomic E-state index is 14.6. The number of esters is 1. The average Bonchev–Trinajstić information content (AvgIpc) is 3.15. The number of halogens is 1. The summed E-state index contributed by atoms with van der Waals surface area (Å²) in [4.78, 5) is 26.3. The summed E-state index contributed by atoms with van der Waals surface area (Å²) in [6.07, 6.45) is 1.63. The first-order chi connectivity index (χ1) is 11.1. The molecule has 0 atom stereocenters. The number of hydrogen-bond donors (Lipinski definition) is 1. The van der Waals surface area contributed by atoms with E-state index in [1.807, 2.05) is 24.3 Å². The van der Waals surface area contributed by atoms with Gasteiger partial charge in [0.15, 0.2) is 11.6 Å². The number of para-hydroxylation sites is 1. The van der Waals surface area contributed by atoms with E-state index in [9.17, 15) is 14.0 Å². The van der Waals surface area contributed by atoms with Crippen LogP contribution >= 0.6 is 11.3 Å². The van der Waals surface area contributed by atoms with Gasteiger partial charge in [0.25, 0.3) is 0 Å². The van der Waals surface area contributed by atoms with Crippen molar-refractivity contribution in [3.05, 3.63) is 46.5 Å². The number of ketones is 1. The maximum atomic E-state index is 14.6. The van der Waals surface area contributed by atoms with Crippen molar-refractivity contribution >= 4 is 34.0 Å². The first-order valence-electron chi connectivity index (χ1n) is 7.05. The molecule has 0 spiro atoms. The van der Waals surface area contributed by atoms with E-state index in [4.69, 9.17) is 0 Å². The lowest BCUT2D eigenvalue weighted by atomic mass is 10.1. The Labute approximate surface area is 135 Å². The Hall–Kier alpha value is -2.47. The number of nitrogens with one attached hydrogen (secondary N) is 1. The quantitative estimate of drug-likeness (QED) is 0.564. The van der Waals surface area contributed by atoms with Crippen LogP contribution in [0.3, 0.4) is 0 Å². The molecule has 118 valence electrons. The fraction of sp³-hybridized carbons (Fsp3) is 0.176. The molecule has 0 aliphatic carbocycles. The summed E-state index contributed by atoms with van der Waals surface area (Å²) in [6, 6.07) is 7.59. The number of hydrogen-bond acceptors (Lipinski definition) is 4. The van der Waals surface area contributed by atoms with Crippen molar-refractivity contribution in [1.82, 2.24) is 4.98 Å². The molecule has 6 heteroatoms. The highest BCUT2D eigenvalue weighted by Gasteiger charge is 2.21. The molecule has 0 unspecified atom stereocenters. The van der Waals surface area contributed by atoms with Crippen molar-refractivity contribution in [3.63, 3.8) is 0 Å². The van der Waals surface area contributed by atoms with Crippen molar-refractivity contribution in [3.8, 4) is 11.1 Å². The fourth-order valence-corrected chi connectivity index (χ4v) is 3.35. The molecule has 4 nitrogen and oxygen atoms in total. The van der Waals surface area contributed by atoms with Crippen LogP contribution in [0.15, 0.2) is 35.8 Å². The van der Waals surface area contributed by atoms with Crippen LogP contribution in [0.2, 0.25) is 0 Å². The molecule has 1 aromatic carbocycles. The second-order valence-corrected chi connectivity index (χ2v) is 5.92. The summed E-state index contributed by atoms with van der Waals surface area (Å²) in [6.45, 7) is 0. The van der Waals surface area contributed by atoms with Gasteiger partial charge in [0.2, 0.25) is 0 Å². The van der Waals surface area contributed by atoms with Crippen LogP contribution in [0.1, 0.15) is 22.5 Å². The van der Waals surface area contributed by atoms with Crippen LogP contribution in [0.25, 0.3) is 22.0 Å². The minimum Gasteiger partial charge on any atom is -0.469 e. The summed E-state index contributed by atoms with van der Waals surface area (Å²) in [7, 11) is 1.26. The topological polar surface area (TPSA) is 59.2 Å². The number of benzene rings is 1. The van der Waals surface area contributed by atoms with Crippen LogP contribution < -0.4 is 0 Å². The van der Waals surface area contributed by atoms with Crippen molar-refractivity contribution in [1.29, 1.82) is 0 Å². The molecule has 0 amide bonds. The molecule has 3 aromatic rings. The van der Waals surface area contributed by atoms with Gasteiger partial charge in [-0.05, 0) is 6.07 Å². The number of aromatic nitrogens is 1. The van der Waals surface area contributed by atoms with Crippen LogP contribution in [-0.2, 0) is 9.53 Å². The molecule has 1 N–H and O–H groups in total. The number of ether oxygens (including phenoxy) is 1. The maximum Gasteiger partial charge on any atom is 0.305 e.